The van der Waals surface area contributed by atoms with E-state index in [1.54, 1.807) is 6.08 Å². The van der Waals surface area contributed by atoms with Crippen LogP contribution in [0.5, 0.6) is 5.75 Å². The van der Waals surface area contributed by atoms with E-state index in [1.165, 1.54) is 31.3 Å². The van der Waals surface area contributed by atoms with Crippen molar-refractivity contribution in [3.8, 4) is 5.75 Å². The first-order valence-corrected chi connectivity index (χ1v) is 28.2. The van der Waals surface area contributed by atoms with E-state index in [2.05, 4.69) is 31.8 Å². The van der Waals surface area contributed by atoms with E-state index in [1.807, 2.05) is 45.0 Å². The molecule has 0 radical (unpaired) electrons. The Morgan fingerprint density at radius 3 is 2.45 bits per heavy atom. The molecule has 3 saturated heterocycles. The van der Waals surface area contributed by atoms with Gasteiger partial charge >= 0.3 is 240 Å². The van der Waals surface area contributed by atoms with Crippen LogP contribution >= 0.6 is 0 Å². The van der Waals surface area contributed by atoms with E-state index in [4.69, 9.17) is 14.2 Å². The van der Waals surface area contributed by atoms with Gasteiger partial charge in [-0.25, -0.2) is 0 Å². The van der Waals surface area contributed by atoms with E-state index in [-0.39, 0.29) is 34.7 Å². The molecule has 2 saturated carbocycles. The van der Waals surface area contributed by atoms with Crippen LogP contribution in [0.25, 0.3) is 10.9 Å². The first-order valence-electron chi connectivity index (χ1n) is 24.4. The van der Waals surface area contributed by atoms with Crippen molar-refractivity contribution in [1.82, 2.24) is 30.1 Å². The number of hydrogen-bond donors (Lipinski definition) is 4. The fraction of sp³-hybridized carbons (Fsp3) is 0.694. The van der Waals surface area contributed by atoms with E-state index >= 15 is 0 Å². The molecule has 4 N–H and O–H groups in total. The summed E-state index contributed by atoms with van der Waals surface area (Å²) in [6.07, 6.45) is 13.6. The molecule has 7 rings (SSSR count). The molecule has 4 amide bonds. The van der Waals surface area contributed by atoms with Gasteiger partial charge in [-0.05, 0) is 76.6 Å². The van der Waals surface area contributed by atoms with Gasteiger partial charge in [-0.3, -0.25) is 4.79 Å². The third-order valence-electron chi connectivity index (χ3n) is 14.3. The van der Waals surface area contributed by atoms with E-state index in [9.17, 15) is 32.4 Å². The second-order valence-corrected chi connectivity index (χ2v) is 26.0. The number of ether oxygens (including phenoxy) is 3. The number of rotatable bonds is 22. The summed E-state index contributed by atoms with van der Waals surface area (Å²) in [5, 5.41) is 6.65. The van der Waals surface area contributed by atoms with Crippen molar-refractivity contribution in [2.75, 3.05) is 46.5 Å². The number of alkyl carbamates (subject to hydrolysis) is 1. The van der Waals surface area contributed by atoms with Crippen LogP contribution in [0.3, 0.4) is 0 Å². The number of nitrogens with one attached hydrogen (secondary N) is 4. The number of hydrogen-bond acceptors (Lipinski definition) is 11. The molecule has 1 aromatic heterocycles. The van der Waals surface area contributed by atoms with Crippen molar-refractivity contribution >= 4 is 44.7 Å². The zero-order valence-electron chi connectivity index (χ0n) is 39.8. The van der Waals surface area contributed by atoms with Crippen molar-refractivity contribution in [2.24, 2.45) is 11.3 Å². The number of unbranched alkanes of at least 4 members (excludes halogenated alkanes) is 2. The fourth-order valence-corrected chi connectivity index (χ4v) is 14.6. The van der Waals surface area contributed by atoms with Gasteiger partial charge in [0.25, 0.3) is 5.56 Å². The molecular weight excluding hydrogens is 992 g/mol. The van der Waals surface area contributed by atoms with Gasteiger partial charge in [-0.1, -0.05) is 31.4 Å². The van der Waals surface area contributed by atoms with Crippen LogP contribution in [-0.4, -0.2) is 124 Å². The van der Waals surface area contributed by atoms with Crippen LogP contribution in [0.15, 0.2) is 41.7 Å². The third-order valence-corrected chi connectivity index (χ3v) is 20.3. The number of aromatic amines is 1. The molecule has 5 aliphatic rings. The zero-order valence-corrected chi connectivity index (χ0v) is 42.8. The van der Waals surface area contributed by atoms with Crippen molar-refractivity contribution in [3.63, 3.8) is 0 Å². The molecular formula is C49H72IN6O10S-. The topological polar surface area (TPSA) is 206 Å². The molecule has 5 fully saturated rings. The molecule has 2 aromatic rings. The number of carbonyl (C=O) groups is 4. The predicted octanol–water partition coefficient (Wildman–Crippen LogP) is 2.28. The molecule has 16 nitrogen and oxygen atoms in total. The Bertz CT molecular complexity index is 2290. The average molecular weight is 1060 g/mol. The summed E-state index contributed by atoms with van der Waals surface area (Å²) in [6, 6.07) is 5.88. The van der Waals surface area contributed by atoms with Crippen molar-refractivity contribution in [3.05, 3.63) is 52.8 Å². The van der Waals surface area contributed by atoms with Crippen molar-refractivity contribution in [2.45, 2.75) is 154 Å². The zero-order chi connectivity index (χ0) is 48.0. The summed E-state index contributed by atoms with van der Waals surface area (Å²) in [5.41, 5.74) is 0.612. The van der Waals surface area contributed by atoms with Gasteiger partial charge in [0.1, 0.15) is 5.75 Å². The first kappa shape index (κ1) is 51.1. The second-order valence-electron chi connectivity index (χ2n) is 20.3. The normalized spacial score (nSPS) is 25.4. The van der Waals surface area contributed by atoms with Gasteiger partial charge in [0.15, 0.2) is 0 Å². The number of sulfonamides is 1. The molecule has 6 atom stereocenters. The molecule has 18 heteroatoms. The summed E-state index contributed by atoms with van der Waals surface area (Å²) in [6.45, 7) is 13.4. The summed E-state index contributed by atoms with van der Waals surface area (Å²) in [4.78, 5) is 76.0. The quantitative estimate of drug-likeness (QED) is 0.0443. The number of piperidine rings is 1. The van der Waals surface area contributed by atoms with Crippen LogP contribution in [0, 0.1) is 11.3 Å². The Labute approximate surface area is 406 Å². The molecule has 3 aliphatic heterocycles. The van der Waals surface area contributed by atoms with Crippen LogP contribution in [0.2, 0.25) is 0 Å². The summed E-state index contributed by atoms with van der Waals surface area (Å²) in [7, 11) is -2.66. The van der Waals surface area contributed by atoms with Crippen molar-refractivity contribution in [1.29, 1.82) is 0 Å². The summed E-state index contributed by atoms with van der Waals surface area (Å²) < 4.78 is 43.3. The number of fused-ring (bicyclic) bond motifs is 1. The van der Waals surface area contributed by atoms with Crippen LogP contribution in [0.1, 0.15) is 123 Å². The molecule has 67 heavy (non-hydrogen) atoms. The number of amides is 4. The van der Waals surface area contributed by atoms with E-state index < -0.39 is 80.8 Å². The third kappa shape index (κ3) is 12.0. The van der Waals surface area contributed by atoms with Gasteiger partial charge in [-0.2, -0.15) is 0 Å². The number of nitrogens with zero attached hydrogens (tertiary/aromatic N) is 2. The summed E-state index contributed by atoms with van der Waals surface area (Å²) in [5.74, 6) is -0.893. The SMILES string of the molecule is C=C[C@@H]1[I-][C@]1(NC(=O)[C@@H]1CCCN1C(=O)[C@@H](NC(=O)OC1CCC[C@H]1CCCCCc1c(OCCCN2CCCCC2)c2ccccc2[nH]c1=O)C(C)(C)C)C(=O)NS(=O)(=O)C1(COC)CC1. The van der Waals surface area contributed by atoms with Crippen LogP contribution in [-0.2, 0) is 40.3 Å². The van der Waals surface area contributed by atoms with Crippen LogP contribution in [0.4, 0.5) is 4.79 Å². The van der Waals surface area contributed by atoms with Gasteiger partial charge in [-0.15, -0.1) is 0 Å². The number of carbonyl (C=O) groups excluding carboxylic acids is 4. The van der Waals surface area contributed by atoms with Crippen molar-refractivity contribution < 1.29 is 63.0 Å². The van der Waals surface area contributed by atoms with Gasteiger partial charge in [0.05, 0.1) is 17.7 Å². The number of benzene rings is 1. The minimum absolute atomic E-state index is 0.0404. The van der Waals surface area contributed by atoms with Gasteiger partial charge in [0, 0.05) is 11.9 Å². The molecule has 1 unspecified atom stereocenters. The standard InChI is InChI=1S/C49H72IN6O10S/c1-6-39-49(50-39,45(60)54-67(62,63)48(25-26-48)32-64-5)53-43(58)37-23-16-30-56(37)44(59)41(47(2,3)4)52-46(61)66-38-24-15-19-33(38)18-9-7-10-21-35-40(34-20-11-12-22-36(34)51-42(35)57)65-31-17-29-55-27-13-8-14-28-55/h6,11-12,20,22,33,37-39,41H,1,7-10,13-19,21,23-32H2,2-5H3,(H,51,57)(H,52,61)(H,53,58)(H,54,60)/q-1/t33-,37+,38?,39+,41-,49-/m1/s1. The maximum atomic E-state index is 14.3. The fourth-order valence-electron chi connectivity index (χ4n) is 10.2. The molecule has 2 aliphatic carbocycles. The Hall–Kier alpha value is -3.75. The number of halogens is 1. The minimum atomic E-state index is -4.07. The predicted molar refractivity (Wildman–Crippen MR) is 252 cm³/mol. The summed E-state index contributed by atoms with van der Waals surface area (Å²) >= 11 is -1.02. The number of H-pyrrole nitrogens is 1. The van der Waals surface area contributed by atoms with Gasteiger partial charge in [0.2, 0.25) is 0 Å². The molecule has 0 spiro atoms. The number of methoxy groups -OCH3 is 1. The number of aromatic nitrogens is 1. The Morgan fingerprint density at radius 1 is 0.985 bits per heavy atom. The van der Waals surface area contributed by atoms with E-state index in [0.717, 1.165) is 81.9 Å². The Kier molecular flexibility index (Phi) is 16.7. The number of pyridine rings is 1. The first-order chi connectivity index (χ1) is 32.0. The Morgan fingerprint density at radius 2 is 1.75 bits per heavy atom. The van der Waals surface area contributed by atoms with E-state index in [0.29, 0.717) is 50.0 Å². The van der Waals surface area contributed by atoms with Gasteiger partial charge < -0.3 is 14.6 Å². The average Bonchev–Trinajstić information content (AvgIpc) is 4.11. The molecule has 1 aromatic carbocycles. The molecule has 372 valence electrons. The second kappa shape index (κ2) is 21.9. The number of likely N-dealkylation sites (tertiary alicyclic amines) is 2. The maximum absolute atomic E-state index is 14.3. The van der Waals surface area contributed by atoms with Crippen LogP contribution < -0.4 is 46.9 Å². The number of alkyl halides is 2. The molecule has 0 bridgehead atoms. The molecule has 4 heterocycles. The number of para-hydroxylation sites is 1. The Balaban J connectivity index is 0.902. The monoisotopic (exact) mass is 1060 g/mol.